The second-order valence-corrected chi connectivity index (χ2v) is 6.09. The molecule has 0 unspecified atom stereocenters. The minimum Gasteiger partial charge on any atom is -0.396 e. The maximum atomic E-state index is 12.1. The summed E-state index contributed by atoms with van der Waals surface area (Å²) < 4.78 is 1.77. The largest absolute Gasteiger partial charge is 0.396 e. The number of nitrogens with one attached hydrogen (secondary N) is 1. The highest BCUT2D eigenvalue weighted by Crippen LogP contribution is 2.11. The molecular weight excluding hydrogens is 298 g/mol. The predicted octanol–water partition coefficient (Wildman–Crippen LogP) is 2.03. The van der Waals surface area contributed by atoms with Gasteiger partial charge in [0.25, 0.3) is 5.91 Å². The van der Waals surface area contributed by atoms with Crippen molar-refractivity contribution in [2.75, 3.05) is 24.7 Å². The fourth-order valence-electron chi connectivity index (χ4n) is 2.01. The number of aryl methyl sites for hydroxylation is 1. The number of amides is 1. The topological polar surface area (TPSA) is 67.2 Å². The molecule has 22 heavy (non-hydrogen) atoms. The summed E-state index contributed by atoms with van der Waals surface area (Å²) in [4.78, 5) is 12.1. The van der Waals surface area contributed by atoms with E-state index in [0.717, 1.165) is 29.3 Å². The lowest BCUT2D eigenvalue weighted by atomic mass is 10.3. The second kappa shape index (κ2) is 8.60. The Hall–Kier alpha value is -1.79. The van der Waals surface area contributed by atoms with Crippen molar-refractivity contribution in [1.29, 1.82) is 0 Å². The molecule has 2 aromatic rings. The van der Waals surface area contributed by atoms with E-state index in [1.54, 1.807) is 22.5 Å². The fraction of sp³-hybridized carbons (Fsp3) is 0.375. The summed E-state index contributed by atoms with van der Waals surface area (Å²) in [5.74, 6) is 1.60. The number of hydrogen-bond donors (Lipinski definition) is 2. The number of aliphatic hydroxyl groups is 1. The minimum absolute atomic E-state index is 0.152. The van der Waals surface area contributed by atoms with Crippen LogP contribution in [-0.2, 0) is 0 Å². The van der Waals surface area contributed by atoms with E-state index in [9.17, 15) is 4.79 Å². The lowest BCUT2D eigenvalue weighted by Crippen LogP contribution is -2.26. The van der Waals surface area contributed by atoms with Crippen molar-refractivity contribution in [3.8, 4) is 5.69 Å². The van der Waals surface area contributed by atoms with Crippen LogP contribution < -0.4 is 5.32 Å². The van der Waals surface area contributed by atoms with E-state index in [1.165, 1.54) is 0 Å². The molecule has 5 nitrogen and oxygen atoms in total. The molecule has 1 heterocycles. The van der Waals surface area contributed by atoms with Gasteiger partial charge in [-0.15, -0.1) is 0 Å². The fourth-order valence-corrected chi connectivity index (χ4v) is 2.80. The van der Waals surface area contributed by atoms with Gasteiger partial charge in [-0.05, 0) is 37.3 Å². The van der Waals surface area contributed by atoms with Gasteiger partial charge in [-0.3, -0.25) is 4.79 Å². The van der Waals surface area contributed by atoms with E-state index in [2.05, 4.69) is 10.4 Å². The molecule has 118 valence electrons. The third kappa shape index (κ3) is 4.61. The molecule has 0 saturated heterocycles. The number of benzene rings is 1. The predicted molar refractivity (Wildman–Crippen MR) is 89.7 cm³/mol. The zero-order valence-corrected chi connectivity index (χ0v) is 13.5. The molecule has 6 heteroatoms. The summed E-state index contributed by atoms with van der Waals surface area (Å²) >= 11 is 1.72. The summed E-state index contributed by atoms with van der Waals surface area (Å²) in [6.07, 6.45) is 0.791. The van der Waals surface area contributed by atoms with E-state index >= 15 is 0 Å². The third-order valence-electron chi connectivity index (χ3n) is 3.10. The van der Waals surface area contributed by atoms with Crippen LogP contribution in [0.4, 0.5) is 0 Å². The van der Waals surface area contributed by atoms with Gasteiger partial charge in [-0.25, -0.2) is 4.68 Å². The van der Waals surface area contributed by atoms with Crippen molar-refractivity contribution in [3.05, 3.63) is 47.8 Å². The Balaban J connectivity index is 1.89. The smallest absolute Gasteiger partial charge is 0.271 e. The number of rotatable bonds is 8. The number of nitrogens with zero attached hydrogens (tertiary/aromatic N) is 2. The van der Waals surface area contributed by atoms with Gasteiger partial charge in [0.05, 0.1) is 5.69 Å². The highest BCUT2D eigenvalue weighted by molar-refractivity contribution is 7.99. The van der Waals surface area contributed by atoms with E-state index in [0.29, 0.717) is 12.2 Å². The highest BCUT2D eigenvalue weighted by Gasteiger charge is 2.12. The van der Waals surface area contributed by atoms with Crippen LogP contribution in [0.3, 0.4) is 0 Å². The highest BCUT2D eigenvalue weighted by atomic mass is 32.2. The lowest BCUT2D eigenvalue weighted by Gasteiger charge is -2.04. The van der Waals surface area contributed by atoms with Crippen molar-refractivity contribution >= 4 is 17.7 Å². The first kappa shape index (κ1) is 16.6. The van der Waals surface area contributed by atoms with Crippen molar-refractivity contribution in [3.63, 3.8) is 0 Å². The van der Waals surface area contributed by atoms with Crippen LogP contribution in [0.1, 0.15) is 22.6 Å². The van der Waals surface area contributed by atoms with Gasteiger partial charge in [0.15, 0.2) is 5.69 Å². The zero-order chi connectivity index (χ0) is 15.8. The molecule has 0 atom stereocenters. The van der Waals surface area contributed by atoms with Crippen LogP contribution in [0.25, 0.3) is 5.69 Å². The molecule has 2 N–H and O–H groups in total. The monoisotopic (exact) mass is 319 g/mol. The first-order valence-corrected chi connectivity index (χ1v) is 8.46. The van der Waals surface area contributed by atoms with Gasteiger partial charge in [0.1, 0.15) is 0 Å². The van der Waals surface area contributed by atoms with Gasteiger partial charge in [0, 0.05) is 24.6 Å². The molecule has 0 fully saturated rings. The average molecular weight is 319 g/mol. The molecule has 0 saturated carbocycles. The number of aliphatic hydroxyl groups excluding tert-OH is 1. The van der Waals surface area contributed by atoms with Crippen LogP contribution in [-0.4, -0.2) is 45.5 Å². The van der Waals surface area contributed by atoms with Crippen molar-refractivity contribution in [1.82, 2.24) is 15.1 Å². The standard InChI is InChI=1S/C16H21N3O2S/c1-13-12-15(16(21)17-8-11-22-10-5-9-20)18-19(13)14-6-3-2-4-7-14/h2-4,6-7,12,20H,5,8-11H2,1H3,(H,17,21). The third-order valence-corrected chi connectivity index (χ3v) is 4.17. The summed E-state index contributed by atoms with van der Waals surface area (Å²) in [5.41, 5.74) is 2.30. The average Bonchev–Trinajstić information content (AvgIpc) is 2.93. The maximum absolute atomic E-state index is 12.1. The second-order valence-electron chi connectivity index (χ2n) is 4.86. The zero-order valence-electron chi connectivity index (χ0n) is 12.7. The minimum atomic E-state index is -0.152. The van der Waals surface area contributed by atoms with E-state index in [-0.39, 0.29) is 12.5 Å². The van der Waals surface area contributed by atoms with E-state index < -0.39 is 0 Å². The van der Waals surface area contributed by atoms with Crippen molar-refractivity contribution < 1.29 is 9.90 Å². The molecule has 0 radical (unpaired) electrons. The van der Waals surface area contributed by atoms with Gasteiger partial charge in [-0.2, -0.15) is 16.9 Å². The van der Waals surface area contributed by atoms with Crippen LogP contribution in [0.15, 0.2) is 36.4 Å². The summed E-state index contributed by atoms with van der Waals surface area (Å²) in [7, 11) is 0. The molecular formula is C16H21N3O2S. The van der Waals surface area contributed by atoms with Gasteiger partial charge < -0.3 is 10.4 Å². The van der Waals surface area contributed by atoms with Crippen LogP contribution in [0.5, 0.6) is 0 Å². The molecule has 1 aromatic carbocycles. The first-order chi connectivity index (χ1) is 10.7. The Morgan fingerprint density at radius 1 is 1.32 bits per heavy atom. The molecule has 0 spiro atoms. The first-order valence-electron chi connectivity index (χ1n) is 7.31. The van der Waals surface area contributed by atoms with Gasteiger partial charge in [-0.1, -0.05) is 18.2 Å². The molecule has 0 aliphatic carbocycles. The normalized spacial score (nSPS) is 10.6. The number of carbonyl (C=O) groups excluding carboxylic acids is 1. The van der Waals surface area contributed by atoms with Gasteiger partial charge in [0.2, 0.25) is 0 Å². The van der Waals surface area contributed by atoms with Crippen molar-refractivity contribution in [2.24, 2.45) is 0 Å². The number of para-hydroxylation sites is 1. The molecule has 1 aromatic heterocycles. The molecule has 2 rings (SSSR count). The lowest BCUT2D eigenvalue weighted by molar-refractivity contribution is 0.0951. The van der Waals surface area contributed by atoms with Crippen molar-refractivity contribution in [2.45, 2.75) is 13.3 Å². The number of thioether (sulfide) groups is 1. The van der Waals surface area contributed by atoms with Crippen LogP contribution in [0.2, 0.25) is 0 Å². The maximum Gasteiger partial charge on any atom is 0.271 e. The Kier molecular flexibility index (Phi) is 6.48. The number of hydrogen-bond acceptors (Lipinski definition) is 4. The summed E-state index contributed by atoms with van der Waals surface area (Å²) in [6, 6.07) is 11.5. The van der Waals surface area contributed by atoms with E-state index in [4.69, 9.17) is 5.11 Å². The van der Waals surface area contributed by atoms with E-state index in [1.807, 2.05) is 37.3 Å². The Morgan fingerprint density at radius 2 is 2.09 bits per heavy atom. The van der Waals surface area contributed by atoms with Crippen LogP contribution >= 0.6 is 11.8 Å². The van der Waals surface area contributed by atoms with Crippen LogP contribution in [0, 0.1) is 6.92 Å². The summed E-state index contributed by atoms with van der Waals surface area (Å²) in [6.45, 7) is 2.75. The molecule has 0 aliphatic rings. The molecule has 0 bridgehead atoms. The summed E-state index contributed by atoms with van der Waals surface area (Å²) in [5, 5.41) is 15.9. The molecule has 0 aliphatic heterocycles. The Morgan fingerprint density at radius 3 is 2.82 bits per heavy atom. The number of carbonyl (C=O) groups is 1. The quantitative estimate of drug-likeness (QED) is 0.731. The Labute approximate surface area is 134 Å². The SMILES string of the molecule is Cc1cc(C(=O)NCCSCCCO)nn1-c1ccccc1. The Bertz CT molecular complexity index is 599. The van der Waals surface area contributed by atoms with Gasteiger partial charge >= 0.3 is 0 Å². The number of aromatic nitrogens is 2. The molecule has 1 amide bonds.